The molecule has 1 atom stereocenters. The molecule has 1 unspecified atom stereocenters. The van der Waals surface area contributed by atoms with Gasteiger partial charge in [0.2, 0.25) is 5.88 Å². The number of nitrogens with one attached hydrogen (secondary N) is 1. The third kappa shape index (κ3) is 2.76. The summed E-state index contributed by atoms with van der Waals surface area (Å²) in [5.41, 5.74) is 6.26. The van der Waals surface area contributed by atoms with Gasteiger partial charge >= 0.3 is 0 Å². The van der Waals surface area contributed by atoms with Crippen molar-refractivity contribution in [2.24, 2.45) is 11.7 Å². The smallest absolute Gasteiger partial charge is 0.262 e. The summed E-state index contributed by atoms with van der Waals surface area (Å²) < 4.78 is 0.712. The molecule has 1 aromatic heterocycles. The number of benzene rings is 1. The molecule has 0 saturated carbocycles. The maximum atomic E-state index is 12.2. The van der Waals surface area contributed by atoms with Crippen LogP contribution >= 0.6 is 15.9 Å². The van der Waals surface area contributed by atoms with E-state index in [2.05, 4.69) is 25.9 Å². The third-order valence-electron chi connectivity index (χ3n) is 3.10. The van der Waals surface area contributed by atoms with Crippen molar-refractivity contribution in [2.45, 2.75) is 19.9 Å². The van der Waals surface area contributed by atoms with Crippen LogP contribution in [0.1, 0.15) is 25.7 Å². The van der Waals surface area contributed by atoms with Gasteiger partial charge in [-0.05, 0) is 12.0 Å². The van der Waals surface area contributed by atoms with Gasteiger partial charge in [-0.1, -0.05) is 48.0 Å². The third-order valence-corrected chi connectivity index (χ3v) is 3.79. The summed E-state index contributed by atoms with van der Waals surface area (Å²) in [6, 6.07) is 6.71. The van der Waals surface area contributed by atoms with Crippen LogP contribution < -0.4 is 11.3 Å². The van der Waals surface area contributed by atoms with E-state index in [9.17, 15) is 9.90 Å². The van der Waals surface area contributed by atoms with Crippen molar-refractivity contribution in [3.63, 3.8) is 0 Å². The average molecular weight is 338 g/mol. The van der Waals surface area contributed by atoms with Gasteiger partial charge in [-0.25, -0.2) is 0 Å². The predicted octanol–water partition coefficient (Wildman–Crippen LogP) is 2.56. The van der Waals surface area contributed by atoms with Gasteiger partial charge in [0, 0.05) is 10.0 Å². The minimum atomic E-state index is -0.429. The summed E-state index contributed by atoms with van der Waals surface area (Å²) >= 11 is 3.36. The van der Waals surface area contributed by atoms with Crippen LogP contribution in [0.4, 0.5) is 0 Å². The van der Waals surface area contributed by atoms with E-state index >= 15 is 0 Å². The van der Waals surface area contributed by atoms with Crippen LogP contribution in [0.15, 0.2) is 33.5 Å². The number of rotatable bonds is 3. The molecule has 1 aromatic carbocycles. The molecule has 0 fully saturated rings. The summed E-state index contributed by atoms with van der Waals surface area (Å²) in [7, 11) is 0. The molecule has 2 aromatic rings. The summed E-state index contributed by atoms with van der Waals surface area (Å²) in [6.07, 6.45) is 0. The monoisotopic (exact) mass is 337 g/mol. The molecule has 0 radical (unpaired) electrons. The van der Waals surface area contributed by atoms with Crippen LogP contribution in [0.2, 0.25) is 0 Å². The predicted molar refractivity (Wildman–Crippen MR) is 81.4 cm³/mol. The second-order valence-electron chi connectivity index (χ2n) is 4.90. The Bertz CT molecular complexity index is 682. The molecule has 0 spiro atoms. The minimum Gasteiger partial charge on any atom is -0.493 e. The second-order valence-corrected chi connectivity index (χ2v) is 5.75. The van der Waals surface area contributed by atoms with Gasteiger partial charge in [0.05, 0.1) is 6.04 Å². The van der Waals surface area contributed by atoms with E-state index in [0.29, 0.717) is 15.9 Å². The van der Waals surface area contributed by atoms with E-state index in [-0.39, 0.29) is 17.4 Å². The number of aromatic amines is 1. The molecular weight excluding hydrogens is 322 g/mol. The number of aromatic nitrogens is 2. The number of nitrogens with zero attached hydrogens (tertiary/aromatic N) is 1. The summed E-state index contributed by atoms with van der Waals surface area (Å²) in [5, 5.41) is 10.1. The van der Waals surface area contributed by atoms with Gasteiger partial charge < -0.3 is 15.8 Å². The topological polar surface area (TPSA) is 92.0 Å². The standard InChI is InChI=1S/C14H16BrN3O2/c1-7(2)11(16)12-17-13(19)10(14(20)18-12)8-5-3-4-6-9(8)15/h3-7,11H,16H2,1-2H3,(H2,17,18,19,20). The SMILES string of the molecule is CC(C)C(N)c1nc(O)c(-c2ccccc2Br)c(=O)[nH]1. The van der Waals surface area contributed by atoms with E-state index in [4.69, 9.17) is 5.73 Å². The Hall–Kier alpha value is -1.66. The first-order valence-electron chi connectivity index (χ1n) is 6.25. The first-order chi connectivity index (χ1) is 9.41. The van der Waals surface area contributed by atoms with Crippen molar-refractivity contribution in [3.05, 3.63) is 44.9 Å². The summed E-state index contributed by atoms with van der Waals surface area (Å²) in [6.45, 7) is 3.84. The van der Waals surface area contributed by atoms with E-state index in [1.54, 1.807) is 18.2 Å². The van der Waals surface area contributed by atoms with Gasteiger partial charge in [0.25, 0.3) is 5.56 Å². The number of hydrogen-bond donors (Lipinski definition) is 3. The van der Waals surface area contributed by atoms with Crippen molar-refractivity contribution < 1.29 is 5.11 Å². The fourth-order valence-electron chi connectivity index (χ4n) is 1.86. The Morgan fingerprint density at radius 2 is 2.00 bits per heavy atom. The summed E-state index contributed by atoms with van der Waals surface area (Å²) in [5.74, 6) is 0.0805. The molecule has 0 saturated heterocycles. The highest BCUT2D eigenvalue weighted by Crippen LogP contribution is 2.30. The molecular formula is C14H16BrN3O2. The number of nitrogens with two attached hydrogens (primary N) is 1. The first kappa shape index (κ1) is 14.7. The highest BCUT2D eigenvalue weighted by Gasteiger charge is 2.19. The fraction of sp³-hybridized carbons (Fsp3) is 0.286. The highest BCUT2D eigenvalue weighted by molar-refractivity contribution is 9.10. The van der Waals surface area contributed by atoms with Gasteiger partial charge in [0.1, 0.15) is 11.4 Å². The lowest BCUT2D eigenvalue weighted by atomic mass is 10.0. The minimum absolute atomic E-state index is 0.104. The Balaban J connectivity index is 2.59. The highest BCUT2D eigenvalue weighted by atomic mass is 79.9. The van der Waals surface area contributed by atoms with Gasteiger partial charge in [0.15, 0.2) is 0 Å². The normalized spacial score (nSPS) is 12.7. The molecule has 106 valence electrons. The Morgan fingerprint density at radius 3 is 2.55 bits per heavy atom. The molecule has 0 aliphatic heterocycles. The number of aromatic hydroxyl groups is 1. The van der Waals surface area contributed by atoms with Crippen molar-refractivity contribution >= 4 is 15.9 Å². The quantitative estimate of drug-likeness (QED) is 0.802. The molecule has 2 rings (SSSR count). The second kappa shape index (κ2) is 5.76. The molecule has 5 nitrogen and oxygen atoms in total. The Morgan fingerprint density at radius 1 is 1.35 bits per heavy atom. The van der Waals surface area contributed by atoms with Crippen molar-refractivity contribution in [2.75, 3.05) is 0 Å². The number of halogens is 1. The molecule has 0 amide bonds. The van der Waals surface area contributed by atoms with Crippen molar-refractivity contribution in [1.29, 1.82) is 0 Å². The Labute approximate surface area is 125 Å². The molecule has 0 bridgehead atoms. The first-order valence-corrected chi connectivity index (χ1v) is 7.04. The number of hydrogen-bond acceptors (Lipinski definition) is 4. The molecule has 4 N–H and O–H groups in total. The molecule has 0 aliphatic carbocycles. The van der Waals surface area contributed by atoms with Gasteiger partial charge in [-0.2, -0.15) is 4.98 Å². The zero-order valence-electron chi connectivity index (χ0n) is 11.2. The lowest BCUT2D eigenvalue weighted by Crippen LogP contribution is -2.24. The van der Waals surface area contributed by atoms with Crippen LogP contribution in [0, 0.1) is 5.92 Å². The maximum absolute atomic E-state index is 12.2. The van der Waals surface area contributed by atoms with E-state index in [1.165, 1.54) is 0 Å². The van der Waals surface area contributed by atoms with Crippen LogP contribution in [-0.4, -0.2) is 15.1 Å². The van der Waals surface area contributed by atoms with Crippen LogP contribution in [0.5, 0.6) is 5.88 Å². The van der Waals surface area contributed by atoms with Crippen LogP contribution in [-0.2, 0) is 0 Å². The summed E-state index contributed by atoms with van der Waals surface area (Å²) in [4.78, 5) is 18.9. The van der Waals surface area contributed by atoms with Crippen LogP contribution in [0.3, 0.4) is 0 Å². The van der Waals surface area contributed by atoms with Crippen molar-refractivity contribution in [3.8, 4) is 17.0 Å². The average Bonchev–Trinajstić information content (AvgIpc) is 2.39. The zero-order valence-corrected chi connectivity index (χ0v) is 12.8. The molecule has 20 heavy (non-hydrogen) atoms. The molecule has 6 heteroatoms. The largest absolute Gasteiger partial charge is 0.493 e. The fourth-order valence-corrected chi connectivity index (χ4v) is 2.34. The van der Waals surface area contributed by atoms with E-state index < -0.39 is 11.6 Å². The van der Waals surface area contributed by atoms with Gasteiger partial charge in [-0.3, -0.25) is 4.79 Å². The van der Waals surface area contributed by atoms with Gasteiger partial charge in [-0.15, -0.1) is 0 Å². The van der Waals surface area contributed by atoms with E-state index in [1.807, 2.05) is 19.9 Å². The number of H-pyrrole nitrogens is 1. The molecule has 0 aliphatic rings. The lowest BCUT2D eigenvalue weighted by Gasteiger charge is -2.15. The Kier molecular flexibility index (Phi) is 4.25. The lowest BCUT2D eigenvalue weighted by molar-refractivity contribution is 0.433. The van der Waals surface area contributed by atoms with E-state index in [0.717, 1.165) is 0 Å². The molecule has 1 heterocycles. The maximum Gasteiger partial charge on any atom is 0.262 e. The van der Waals surface area contributed by atoms with Crippen LogP contribution in [0.25, 0.3) is 11.1 Å². The van der Waals surface area contributed by atoms with Crippen molar-refractivity contribution in [1.82, 2.24) is 9.97 Å². The zero-order chi connectivity index (χ0) is 14.9.